The summed E-state index contributed by atoms with van der Waals surface area (Å²) >= 11 is 0. The Bertz CT molecular complexity index is 1570. The minimum atomic E-state index is -0.693. The Labute approximate surface area is 239 Å². The minimum Gasteiger partial charge on any atom is -0.496 e. The summed E-state index contributed by atoms with van der Waals surface area (Å²) in [6.45, 7) is 3.94. The fraction of sp³-hybridized carbons (Fsp3) is 0.333. The van der Waals surface area contributed by atoms with Crippen molar-refractivity contribution < 1.29 is 23.8 Å². The molecule has 1 atom stereocenters. The molecule has 3 N–H and O–H groups in total. The van der Waals surface area contributed by atoms with Gasteiger partial charge in [0.15, 0.2) is 0 Å². The minimum absolute atomic E-state index is 0.0827. The average Bonchev–Trinajstić information content (AvgIpc) is 2.98. The Morgan fingerprint density at radius 2 is 1.83 bits per heavy atom. The molecule has 1 amide bonds. The molecule has 1 saturated heterocycles. The predicted molar refractivity (Wildman–Crippen MR) is 158 cm³/mol. The van der Waals surface area contributed by atoms with Crippen LogP contribution in [0, 0.1) is 12.8 Å². The first kappa shape index (κ1) is 28.4. The lowest BCUT2D eigenvalue weighted by Crippen LogP contribution is -2.43. The molecule has 8 nitrogen and oxygen atoms in total. The van der Waals surface area contributed by atoms with Crippen LogP contribution in [0.3, 0.4) is 0 Å². The lowest BCUT2D eigenvalue weighted by Gasteiger charge is -2.31. The Hall–Kier alpha value is -4.14. The van der Waals surface area contributed by atoms with Crippen molar-refractivity contribution in [2.45, 2.75) is 32.3 Å². The third kappa shape index (κ3) is 6.61. The van der Waals surface area contributed by atoms with E-state index in [1.165, 1.54) is 0 Å². The molecule has 41 heavy (non-hydrogen) atoms. The molecule has 0 bridgehead atoms. The smallest absolute Gasteiger partial charge is 0.340 e. The Balaban J connectivity index is 1.23. The second-order valence-corrected chi connectivity index (χ2v) is 10.7. The number of carbonyl (C=O) groups is 1. The molecule has 1 aliphatic rings. The molecule has 1 aliphatic heterocycles. The molecule has 0 saturated carbocycles. The van der Waals surface area contributed by atoms with Crippen molar-refractivity contribution in [1.82, 2.24) is 4.90 Å². The van der Waals surface area contributed by atoms with Crippen molar-refractivity contribution >= 4 is 16.9 Å². The highest BCUT2D eigenvalue weighted by Crippen LogP contribution is 2.30. The van der Waals surface area contributed by atoms with E-state index >= 15 is 0 Å². The summed E-state index contributed by atoms with van der Waals surface area (Å²) in [5.41, 5.74) is 10.0. The summed E-state index contributed by atoms with van der Waals surface area (Å²) in [7, 11) is 1.66. The van der Waals surface area contributed by atoms with Crippen molar-refractivity contribution in [3.8, 4) is 22.6 Å². The fourth-order valence-electron chi connectivity index (χ4n) is 5.50. The molecular formula is C33H36N2O6. The Morgan fingerprint density at radius 3 is 2.54 bits per heavy atom. The third-order valence-corrected chi connectivity index (χ3v) is 7.91. The van der Waals surface area contributed by atoms with Crippen LogP contribution in [0.4, 0.5) is 0 Å². The Morgan fingerprint density at radius 1 is 1.10 bits per heavy atom. The van der Waals surface area contributed by atoms with Gasteiger partial charge in [0.2, 0.25) is 5.91 Å². The van der Waals surface area contributed by atoms with E-state index < -0.39 is 6.10 Å². The maximum atomic E-state index is 13.0. The number of primary amides is 1. The molecule has 1 fully saturated rings. The van der Waals surface area contributed by atoms with Crippen LogP contribution in [0.25, 0.3) is 22.1 Å². The number of amides is 1. The van der Waals surface area contributed by atoms with Crippen LogP contribution in [0.15, 0.2) is 75.9 Å². The first-order chi connectivity index (χ1) is 19.8. The maximum absolute atomic E-state index is 13.0. The number of aliphatic hydroxyl groups is 1. The van der Waals surface area contributed by atoms with E-state index in [2.05, 4.69) is 4.90 Å². The van der Waals surface area contributed by atoms with Gasteiger partial charge in [-0.3, -0.25) is 4.79 Å². The Kier molecular flexibility index (Phi) is 8.71. The van der Waals surface area contributed by atoms with E-state index in [-0.39, 0.29) is 24.1 Å². The van der Waals surface area contributed by atoms with E-state index in [1.807, 2.05) is 67.6 Å². The quantitative estimate of drug-likeness (QED) is 0.280. The molecule has 1 aromatic heterocycles. The first-order valence-corrected chi connectivity index (χ1v) is 13.9. The predicted octanol–water partition coefficient (Wildman–Crippen LogP) is 4.30. The number of methoxy groups -OCH3 is 1. The van der Waals surface area contributed by atoms with Gasteiger partial charge in [0.25, 0.3) is 0 Å². The number of hydrogen-bond acceptors (Lipinski definition) is 7. The standard InChI is InChI=1S/C33H36N2O6/c1-21-27-12-11-26(40-20-25(36)19-35-15-13-24(14-16-35)32(34)37)18-31(27)41-33(38)29(21)17-22-7-9-23(10-8-22)28-5-3-4-6-30(28)39-2/h3-12,18,24-25,36H,13-17,19-20H2,1-2H3,(H2,34,37). The van der Waals surface area contributed by atoms with Crippen LogP contribution < -0.4 is 20.8 Å². The lowest BCUT2D eigenvalue weighted by atomic mass is 9.96. The van der Waals surface area contributed by atoms with Gasteiger partial charge in [0.1, 0.15) is 29.8 Å². The number of nitrogens with two attached hydrogens (primary N) is 1. The van der Waals surface area contributed by atoms with Gasteiger partial charge in [-0.05, 0) is 67.7 Å². The van der Waals surface area contributed by atoms with Crippen LogP contribution in [-0.4, -0.2) is 55.4 Å². The summed E-state index contributed by atoms with van der Waals surface area (Å²) in [6, 6.07) is 21.4. The van der Waals surface area contributed by atoms with Crippen LogP contribution in [-0.2, 0) is 11.2 Å². The van der Waals surface area contributed by atoms with E-state index in [0.29, 0.717) is 42.7 Å². The molecule has 0 radical (unpaired) electrons. The van der Waals surface area contributed by atoms with E-state index in [0.717, 1.165) is 46.5 Å². The number of fused-ring (bicyclic) bond motifs is 1. The number of aliphatic hydroxyl groups excluding tert-OH is 1. The second-order valence-electron chi connectivity index (χ2n) is 10.7. The van der Waals surface area contributed by atoms with Gasteiger partial charge in [-0.25, -0.2) is 4.79 Å². The zero-order valence-corrected chi connectivity index (χ0v) is 23.5. The number of likely N-dealkylation sites (tertiary alicyclic amines) is 1. The molecule has 0 aliphatic carbocycles. The lowest BCUT2D eigenvalue weighted by molar-refractivity contribution is -0.123. The topological polar surface area (TPSA) is 115 Å². The van der Waals surface area contributed by atoms with Gasteiger partial charge in [-0.1, -0.05) is 42.5 Å². The van der Waals surface area contributed by atoms with Gasteiger partial charge in [0.05, 0.1) is 7.11 Å². The molecule has 1 unspecified atom stereocenters. The molecule has 4 aromatic rings. The largest absolute Gasteiger partial charge is 0.496 e. The van der Waals surface area contributed by atoms with E-state index in [4.69, 9.17) is 19.6 Å². The number of ether oxygens (including phenoxy) is 2. The van der Waals surface area contributed by atoms with Crippen molar-refractivity contribution in [2.24, 2.45) is 11.7 Å². The van der Waals surface area contributed by atoms with Crippen molar-refractivity contribution in [3.63, 3.8) is 0 Å². The average molecular weight is 557 g/mol. The molecule has 8 heteroatoms. The number of piperidine rings is 1. The van der Waals surface area contributed by atoms with E-state index in [1.54, 1.807) is 13.2 Å². The number of benzene rings is 3. The third-order valence-electron chi connectivity index (χ3n) is 7.91. The van der Waals surface area contributed by atoms with Gasteiger partial charge < -0.3 is 29.6 Å². The zero-order chi connectivity index (χ0) is 28.9. The first-order valence-electron chi connectivity index (χ1n) is 13.9. The number of carbonyl (C=O) groups excluding carboxylic acids is 1. The fourth-order valence-corrected chi connectivity index (χ4v) is 5.50. The van der Waals surface area contributed by atoms with Crippen LogP contribution in [0.2, 0.25) is 0 Å². The number of hydrogen-bond donors (Lipinski definition) is 2. The summed E-state index contributed by atoms with van der Waals surface area (Å²) in [5, 5.41) is 11.3. The summed E-state index contributed by atoms with van der Waals surface area (Å²) in [6.07, 6.45) is 1.18. The molecular weight excluding hydrogens is 520 g/mol. The monoisotopic (exact) mass is 556 g/mol. The van der Waals surface area contributed by atoms with Crippen LogP contribution in [0.5, 0.6) is 11.5 Å². The molecule has 2 heterocycles. The number of β-amino-alcohol motifs (C(OH)–C–C–N with tert-alkyl or cyclic N) is 1. The zero-order valence-electron chi connectivity index (χ0n) is 23.5. The highest BCUT2D eigenvalue weighted by atomic mass is 16.5. The van der Waals surface area contributed by atoms with Gasteiger partial charge in [-0.2, -0.15) is 0 Å². The van der Waals surface area contributed by atoms with Crippen LogP contribution >= 0.6 is 0 Å². The summed E-state index contributed by atoms with van der Waals surface area (Å²) in [5.74, 6) is 0.996. The SMILES string of the molecule is COc1ccccc1-c1ccc(Cc2c(C)c3ccc(OCC(O)CN4CCC(C(N)=O)CC4)cc3oc2=O)cc1. The number of rotatable bonds is 10. The molecule has 5 rings (SSSR count). The van der Waals surface area contributed by atoms with Crippen molar-refractivity contribution in [3.05, 3.63) is 93.8 Å². The molecule has 3 aromatic carbocycles. The number of nitrogens with zero attached hydrogens (tertiary/aromatic N) is 1. The highest BCUT2D eigenvalue weighted by Gasteiger charge is 2.24. The number of para-hydroxylation sites is 1. The van der Waals surface area contributed by atoms with Gasteiger partial charge in [-0.15, -0.1) is 0 Å². The summed E-state index contributed by atoms with van der Waals surface area (Å²) in [4.78, 5) is 26.5. The van der Waals surface area contributed by atoms with Gasteiger partial charge >= 0.3 is 5.63 Å². The second kappa shape index (κ2) is 12.6. The highest BCUT2D eigenvalue weighted by molar-refractivity contribution is 5.82. The van der Waals surface area contributed by atoms with Crippen molar-refractivity contribution in [1.29, 1.82) is 0 Å². The normalized spacial score (nSPS) is 15.1. The number of aryl methyl sites for hydroxylation is 1. The summed E-state index contributed by atoms with van der Waals surface area (Å²) < 4.78 is 17.0. The molecule has 214 valence electrons. The van der Waals surface area contributed by atoms with Crippen LogP contribution in [0.1, 0.15) is 29.5 Å². The van der Waals surface area contributed by atoms with Gasteiger partial charge in [0, 0.05) is 41.5 Å². The van der Waals surface area contributed by atoms with Crippen molar-refractivity contribution in [2.75, 3.05) is 33.4 Å². The molecule has 0 spiro atoms. The van der Waals surface area contributed by atoms with E-state index in [9.17, 15) is 14.7 Å². The maximum Gasteiger partial charge on any atom is 0.340 e.